The first-order valence-electron chi connectivity index (χ1n) is 6.64. The van der Waals surface area contributed by atoms with Crippen LogP contribution in [0.15, 0.2) is 44.2 Å². The van der Waals surface area contributed by atoms with Crippen LogP contribution in [0.25, 0.3) is 0 Å². The molecule has 1 aromatic carbocycles. The van der Waals surface area contributed by atoms with Gasteiger partial charge in [0.05, 0.1) is 29.6 Å². The van der Waals surface area contributed by atoms with Crippen molar-refractivity contribution in [3.8, 4) is 0 Å². The van der Waals surface area contributed by atoms with E-state index in [0.717, 1.165) is 42.3 Å². The molecule has 3 rings (SSSR count). The number of hydrogen-bond donors (Lipinski definition) is 0. The average molecular weight is 370 g/mol. The molecule has 0 aliphatic carbocycles. The zero-order valence-electron chi connectivity index (χ0n) is 11.3. The Morgan fingerprint density at radius 3 is 2.62 bits per heavy atom. The summed E-state index contributed by atoms with van der Waals surface area (Å²) in [6.45, 7) is 3.11. The third kappa shape index (κ3) is 3.67. The summed E-state index contributed by atoms with van der Waals surface area (Å²) < 4.78 is 12.1. The molecule has 0 atom stereocenters. The van der Waals surface area contributed by atoms with Crippen molar-refractivity contribution in [3.63, 3.8) is 0 Å². The third-order valence-electron chi connectivity index (χ3n) is 3.15. The van der Waals surface area contributed by atoms with Crippen LogP contribution in [0, 0.1) is 0 Å². The summed E-state index contributed by atoms with van der Waals surface area (Å²) in [6.07, 6.45) is 1.71. The zero-order valence-corrected chi connectivity index (χ0v) is 13.6. The van der Waals surface area contributed by atoms with Crippen LogP contribution in [0.4, 0.5) is 11.6 Å². The predicted octanol–water partition coefficient (Wildman–Crippen LogP) is 4.28. The highest BCUT2D eigenvalue weighted by Gasteiger charge is 2.18. The number of rotatable bonds is 3. The maximum absolute atomic E-state index is 5.85. The van der Waals surface area contributed by atoms with Gasteiger partial charge in [0, 0.05) is 24.2 Å². The molecule has 1 aliphatic rings. The molecule has 110 valence electrons. The van der Waals surface area contributed by atoms with Crippen LogP contribution >= 0.6 is 27.5 Å². The van der Waals surface area contributed by atoms with Crippen molar-refractivity contribution in [2.45, 2.75) is 0 Å². The van der Waals surface area contributed by atoms with Crippen LogP contribution < -0.4 is 4.90 Å². The van der Waals surface area contributed by atoms with Crippen molar-refractivity contribution in [1.82, 2.24) is 0 Å². The molecule has 0 spiro atoms. The first-order chi connectivity index (χ1) is 10.2. The van der Waals surface area contributed by atoms with Gasteiger partial charge in [-0.05, 0) is 40.2 Å². The Bertz CT molecular complexity index is 634. The lowest BCUT2D eigenvalue weighted by Gasteiger charge is -2.26. The standard InChI is InChI=1S/C15H14BrClN2O2/c16-14-9-13(10-18-12-3-1-11(17)2-4-12)21-15(14)19-5-7-20-8-6-19/h1-4,9-10H,5-8H2. The minimum absolute atomic E-state index is 0.698. The second kappa shape index (κ2) is 6.64. The number of nitrogens with zero attached hydrogens (tertiary/aromatic N) is 2. The van der Waals surface area contributed by atoms with Crippen LogP contribution in [0.2, 0.25) is 5.02 Å². The van der Waals surface area contributed by atoms with Crippen LogP contribution in [0.1, 0.15) is 5.76 Å². The highest BCUT2D eigenvalue weighted by molar-refractivity contribution is 9.10. The number of halogens is 2. The van der Waals surface area contributed by atoms with Gasteiger partial charge in [0.2, 0.25) is 5.88 Å². The number of aliphatic imine (C=N–C) groups is 1. The Morgan fingerprint density at radius 2 is 1.90 bits per heavy atom. The lowest BCUT2D eigenvalue weighted by molar-refractivity contribution is 0.120. The van der Waals surface area contributed by atoms with Crippen molar-refractivity contribution >= 4 is 45.3 Å². The van der Waals surface area contributed by atoms with E-state index < -0.39 is 0 Å². The fraction of sp³-hybridized carbons (Fsp3) is 0.267. The van der Waals surface area contributed by atoms with Crippen molar-refractivity contribution in [3.05, 3.63) is 45.6 Å². The molecule has 0 amide bonds. The molecular formula is C15H14BrClN2O2. The number of anilines is 1. The summed E-state index contributed by atoms with van der Waals surface area (Å²) in [5.74, 6) is 1.54. The van der Waals surface area contributed by atoms with Crippen molar-refractivity contribution in [2.75, 3.05) is 31.2 Å². The van der Waals surface area contributed by atoms with Crippen LogP contribution in [-0.4, -0.2) is 32.5 Å². The Balaban J connectivity index is 1.75. The molecule has 1 saturated heterocycles. The second-order valence-corrected chi connectivity index (χ2v) is 5.93. The summed E-state index contributed by atoms with van der Waals surface area (Å²) >= 11 is 9.38. The highest BCUT2D eigenvalue weighted by Crippen LogP contribution is 2.30. The molecule has 2 aromatic rings. The van der Waals surface area contributed by atoms with E-state index in [1.54, 1.807) is 6.21 Å². The van der Waals surface area contributed by atoms with Crippen molar-refractivity contribution < 1.29 is 9.15 Å². The quantitative estimate of drug-likeness (QED) is 0.758. The van der Waals surface area contributed by atoms with E-state index in [1.807, 2.05) is 30.3 Å². The van der Waals surface area contributed by atoms with Gasteiger partial charge < -0.3 is 14.1 Å². The van der Waals surface area contributed by atoms with Gasteiger partial charge in [0.25, 0.3) is 0 Å². The molecule has 0 unspecified atom stereocenters. The molecular weight excluding hydrogens is 356 g/mol. The highest BCUT2D eigenvalue weighted by atomic mass is 79.9. The van der Waals surface area contributed by atoms with Crippen LogP contribution in [0.3, 0.4) is 0 Å². The van der Waals surface area contributed by atoms with Gasteiger partial charge in [-0.2, -0.15) is 0 Å². The Labute approximate surface area is 136 Å². The summed E-state index contributed by atoms with van der Waals surface area (Å²) in [6, 6.07) is 9.26. The average Bonchev–Trinajstić information content (AvgIpc) is 2.89. The van der Waals surface area contributed by atoms with Crippen molar-refractivity contribution in [2.24, 2.45) is 4.99 Å². The second-order valence-electron chi connectivity index (χ2n) is 4.64. The summed E-state index contributed by atoms with van der Waals surface area (Å²) in [7, 11) is 0. The molecule has 0 bridgehead atoms. The smallest absolute Gasteiger partial charge is 0.210 e. The normalized spacial score (nSPS) is 15.8. The van der Waals surface area contributed by atoms with Gasteiger partial charge in [-0.3, -0.25) is 4.99 Å². The van der Waals surface area contributed by atoms with Gasteiger partial charge in [-0.1, -0.05) is 11.6 Å². The molecule has 1 aliphatic heterocycles. The third-order valence-corrected chi connectivity index (χ3v) is 3.97. The van der Waals surface area contributed by atoms with Gasteiger partial charge in [0.15, 0.2) is 0 Å². The fourth-order valence-electron chi connectivity index (χ4n) is 2.09. The Hall–Kier alpha value is -1.30. The Kier molecular flexibility index (Phi) is 4.63. The van der Waals surface area contributed by atoms with E-state index in [0.29, 0.717) is 10.8 Å². The monoisotopic (exact) mass is 368 g/mol. The molecule has 4 nitrogen and oxygen atoms in total. The van der Waals surface area contributed by atoms with E-state index in [-0.39, 0.29) is 0 Å². The molecule has 6 heteroatoms. The van der Waals surface area contributed by atoms with Crippen LogP contribution in [0.5, 0.6) is 0 Å². The van der Waals surface area contributed by atoms with E-state index >= 15 is 0 Å². The molecule has 1 fully saturated rings. The van der Waals surface area contributed by atoms with Crippen molar-refractivity contribution in [1.29, 1.82) is 0 Å². The molecule has 0 radical (unpaired) electrons. The topological polar surface area (TPSA) is 38.0 Å². The maximum atomic E-state index is 5.85. The van der Waals surface area contributed by atoms with Gasteiger partial charge >= 0.3 is 0 Å². The van der Waals surface area contributed by atoms with Gasteiger partial charge in [-0.15, -0.1) is 0 Å². The summed E-state index contributed by atoms with van der Waals surface area (Å²) in [4.78, 5) is 6.54. The summed E-state index contributed by atoms with van der Waals surface area (Å²) in [5.41, 5.74) is 0.833. The van der Waals surface area contributed by atoms with E-state index in [4.69, 9.17) is 20.8 Å². The Morgan fingerprint density at radius 1 is 1.19 bits per heavy atom. The minimum atomic E-state index is 0.698. The minimum Gasteiger partial charge on any atom is -0.438 e. The van der Waals surface area contributed by atoms with E-state index in [9.17, 15) is 0 Å². The first kappa shape index (κ1) is 14.6. The van der Waals surface area contributed by atoms with Gasteiger partial charge in [0.1, 0.15) is 5.76 Å². The number of hydrogen-bond acceptors (Lipinski definition) is 4. The van der Waals surface area contributed by atoms with E-state index in [2.05, 4.69) is 25.8 Å². The number of ether oxygens (including phenoxy) is 1. The number of benzene rings is 1. The van der Waals surface area contributed by atoms with Crippen LogP contribution in [-0.2, 0) is 4.74 Å². The van der Waals surface area contributed by atoms with Gasteiger partial charge in [-0.25, -0.2) is 0 Å². The molecule has 0 saturated carbocycles. The molecule has 0 N–H and O–H groups in total. The number of furan rings is 1. The number of morpholine rings is 1. The molecule has 2 heterocycles. The SMILES string of the molecule is Clc1ccc(N=Cc2cc(Br)c(N3CCOCC3)o2)cc1. The summed E-state index contributed by atoms with van der Waals surface area (Å²) in [5, 5.41) is 0.698. The lowest BCUT2D eigenvalue weighted by Crippen LogP contribution is -2.36. The molecule has 21 heavy (non-hydrogen) atoms. The zero-order chi connectivity index (χ0) is 14.7. The molecule has 1 aromatic heterocycles. The first-order valence-corrected chi connectivity index (χ1v) is 7.81. The predicted molar refractivity (Wildman–Crippen MR) is 88.1 cm³/mol. The fourth-order valence-corrected chi connectivity index (χ4v) is 2.77. The maximum Gasteiger partial charge on any atom is 0.210 e. The largest absolute Gasteiger partial charge is 0.438 e. The lowest BCUT2D eigenvalue weighted by atomic mass is 10.3. The van der Waals surface area contributed by atoms with E-state index in [1.165, 1.54) is 0 Å².